The van der Waals surface area contributed by atoms with Gasteiger partial charge in [0.1, 0.15) is 11.6 Å². The van der Waals surface area contributed by atoms with Crippen LogP contribution in [-0.2, 0) is 4.79 Å². The SMILES string of the molecule is CC(C)NC(=O)c1ccc(N2C3CCC2CC(NC(=O)C(C)(C)Oc2ccc(Cl)cc2Cl)C3)nc1. The summed E-state index contributed by atoms with van der Waals surface area (Å²) in [6.07, 6.45) is 5.40. The van der Waals surface area contributed by atoms with Gasteiger partial charge in [0.15, 0.2) is 5.60 Å². The Morgan fingerprint density at radius 2 is 1.80 bits per heavy atom. The molecule has 2 bridgehead atoms. The average Bonchev–Trinajstić information content (AvgIpc) is 3.05. The molecular formula is C26H32Cl2N4O3. The van der Waals surface area contributed by atoms with Crippen LogP contribution in [0.5, 0.6) is 5.75 Å². The fourth-order valence-corrected chi connectivity index (χ4v) is 5.37. The number of aromatic nitrogens is 1. The van der Waals surface area contributed by atoms with Gasteiger partial charge in [0.05, 0.1) is 10.6 Å². The number of benzene rings is 1. The summed E-state index contributed by atoms with van der Waals surface area (Å²) in [5.41, 5.74) is -0.540. The van der Waals surface area contributed by atoms with E-state index in [4.69, 9.17) is 27.9 Å². The highest BCUT2D eigenvalue weighted by Crippen LogP contribution is 2.39. The van der Waals surface area contributed by atoms with Crippen LogP contribution >= 0.6 is 23.2 Å². The molecule has 2 saturated heterocycles. The van der Waals surface area contributed by atoms with Crippen LogP contribution in [0.4, 0.5) is 5.82 Å². The number of amides is 2. The van der Waals surface area contributed by atoms with E-state index in [9.17, 15) is 9.59 Å². The van der Waals surface area contributed by atoms with Crippen LogP contribution in [-0.4, -0.2) is 46.6 Å². The van der Waals surface area contributed by atoms with Gasteiger partial charge in [-0.15, -0.1) is 0 Å². The molecule has 0 radical (unpaired) electrons. The quantitative estimate of drug-likeness (QED) is 0.538. The van der Waals surface area contributed by atoms with Gasteiger partial charge in [0.25, 0.3) is 11.8 Å². The minimum absolute atomic E-state index is 0.0518. The highest BCUT2D eigenvalue weighted by atomic mass is 35.5. The third-order valence-electron chi connectivity index (χ3n) is 6.57. The predicted octanol–water partition coefficient (Wildman–Crippen LogP) is 5.00. The Morgan fingerprint density at radius 1 is 1.11 bits per heavy atom. The number of hydrogen-bond acceptors (Lipinski definition) is 5. The molecule has 0 saturated carbocycles. The van der Waals surface area contributed by atoms with Gasteiger partial charge in [-0.25, -0.2) is 4.98 Å². The van der Waals surface area contributed by atoms with Crippen molar-refractivity contribution < 1.29 is 14.3 Å². The van der Waals surface area contributed by atoms with Crippen molar-refractivity contribution in [3.63, 3.8) is 0 Å². The van der Waals surface area contributed by atoms with Crippen LogP contribution in [0.1, 0.15) is 63.7 Å². The molecule has 2 aromatic rings. The summed E-state index contributed by atoms with van der Waals surface area (Å²) in [4.78, 5) is 32.3. The molecule has 2 aliphatic heterocycles. The summed E-state index contributed by atoms with van der Waals surface area (Å²) in [6.45, 7) is 7.33. The highest BCUT2D eigenvalue weighted by Gasteiger charge is 2.43. The van der Waals surface area contributed by atoms with E-state index in [1.807, 2.05) is 26.0 Å². The number of rotatable bonds is 7. The second-order valence-corrected chi connectivity index (χ2v) is 11.0. The molecule has 0 spiro atoms. The molecule has 7 nitrogen and oxygen atoms in total. The monoisotopic (exact) mass is 518 g/mol. The second kappa shape index (κ2) is 10.2. The lowest BCUT2D eigenvalue weighted by molar-refractivity contribution is -0.135. The molecular weight excluding hydrogens is 487 g/mol. The number of carbonyl (C=O) groups excluding carboxylic acids is 2. The standard InChI is InChI=1S/C26H32Cl2N4O3/c1-15(2)30-24(33)16-5-10-23(29-14-16)32-19-7-8-20(32)13-18(12-19)31-25(34)26(3,4)35-22-9-6-17(27)11-21(22)28/h5-6,9-11,14-15,18-20H,7-8,12-13H2,1-4H3,(H,30,33)(H,31,34). The first-order valence-electron chi connectivity index (χ1n) is 12.0. The van der Waals surface area contributed by atoms with E-state index < -0.39 is 5.60 Å². The fourth-order valence-electron chi connectivity index (χ4n) is 4.93. The molecule has 2 fully saturated rings. The molecule has 1 aromatic heterocycles. The Hall–Kier alpha value is -2.51. The molecule has 9 heteroatoms. The Kier molecular flexibility index (Phi) is 7.48. The lowest BCUT2D eigenvalue weighted by Crippen LogP contribution is -2.55. The molecule has 188 valence electrons. The van der Waals surface area contributed by atoms with Gasteiger partial charge in [-0.1, -0.05) is 23.2 Å². The number of pyridine rings is 1. The first-order valence-corrected chi connectivity index (χ1v) is 12.8. The van der Waals surface area contributed by atoms with Crippen LogP contribution in [0.2, 0.25) is 10.0 Å². The Bertz CT molecular complexity index is 1080. The van der Waals surface area contributed by atoms with E-state index in [0.29, 0.717) is 21.4 Å². The van der Waals surface area contributed by atoms with Gasteiger partial charge < -0.3 is 20.3 Å². The number of piperidine rings is 1. The number of nitrogens with one attached hydrogen (secondary N) is 2. The van der Waals surface area contributed by atoms with E-state index in [0.717, 1.165) is 31.5 Å². The minimum Gasteiger partial charge on any atom is -0.476 e. The van der Waals surface area contributed by atoms with E-state index in [1.54, 1.807) is 38.2 Å². The van der Waals surface area contributed by atoms with Crippen molar-refractivity contribution in [2.75, 3.05) is 4.90 Å². The van der Waals surface area contributed by atoms with Crippen LogP contribution in [0.25, 0.3) is 0 Å². The lowest BCUT2D eigenvalue weighted by atomic mass is 9.96. The topological polar surface area (TPSA) is 83.6 Å². The average molecular weight is 519 g/mol. The molecule has 2 aliphatic rings. The summed E-state index contributed by atoms with van der Waals surface area (Å²) in [7, 11) is 0. The van der Waals surface area contributed by atoms with Crippen molar-refractivity contribution in [1.82, 2.24) is 15.6 Å². The van der Waals surface area contributed by atoms with Crippen LogP contribution < -0.4 is 20.3 Å². The predicted molar refractivity (Wildman–Crippen MR) is 138 cm³/mol. The van der Waals surface area contributed by atoms with Crippen LogP contribution in [0.15, 0.2) is 36.5 Å². The maximum Gasteiger partial charge on any atom is 0.263 e. The summed E-state index contributed by atoms with van der Waals surface area (Å²) in [5.74, 6) is 1.00. The molecule has 35 heavy (non-hydrogen) atoms. The molecule has 0 aliphatic carbocycles. The van der Waals surface area contributed by atoms with Crippen LogP contribution in [0.3, 0.4) is 0 Å². The summed E-state index contributed by atoms with van der Waals surface area (Å²) in [5, 5.41) is 6.96. The number of ether oxygens (including phenoxy) is 1. The second-order valence-electron chi connectivity index (χ2n) is 10.2. The van der Waals surface area contributed by atoms with Gasteiger partial charge >= 0.3 is 0 Å². The highest BCUT2D eigenvalue weighted by molar-refractivity contribution is 6.35. The zero-order valence-electron chi connectivity index (χ0n) is 20.5. The number of anilines is 1. The molecule has 4 rings (SSSR count). The summed E-state index contributed by atoms with van der Waals surface area (Å²) >= 11 is 12.2. The van der Waals surface area contributed by atoms with Gasteiger partial charge in [-0.3, -0.25) is 9.59 Å². The third-order valence-corrected chi connectivity index (χ3v) is 7.10. The van der Waals surface area contributed by atoms with Gasteiger partial charge in [-0.05, 0) is 83.7 Å². The number of hydrogen-bond donors (Lipinski definition) is 2. The zero-order valence-corrected chi connectivity index (χ0v) is 22.0. The number of nitrogens with zero attached hydrogens (tertiary/aromatic N) is 2. The Balaban J connectivity index is 1.38. The number of carbonyl (C=O) groups is 2. The Labute approximate surface area is 216 Å². The first-order chi connectivity index (χ1) is 16.5. The number of halogens is 2. The third kappa shape index (κ3) is 5.84. The maximum atomic E-state index is 13.1. The summed E-state index contributed by atoms with van der Waals surface area (Å²) < 4.78 is 5.95. The van der Waals surface area contributed by atoms with Gasteiger partial charge in [0, 0.05) is 35.4 Å². The van der Waals surface area contributed by atoms with E-state index in [1.165, 1.54) is 0 Å². The Morgan fingerprint density at radius 3 is 2.37 bits per heavy atom. The minimum atomic E-state index is -1.10. The molecule has 1 aromatic carbocycles. The van der Waals surface area contributed by atoms with E-state index >= 15 is 0 Å². The van der Waals surface area contributed by atoms with Crippen molar-refractivity contribution >= 4 is 40.8 Å². The van der Waals surface area contributed by atoms with Crippen molar-refractivity contribution in [2.24, 2.45) is 0 Å². The van der Waals surface area contributed by atoms with E-state index in [-0.39, 0.29) is 36.0 Å². The summed E-state index contributed by atoms with van der Waals surface area (Å²) in [6, 6.07) is 9.40. The molecule has 2 atom stereocenters. The maximum absolute atomic E-state index is 13.1. The van der Waals surface area contributed by atoms with Crippen LogP contribution in [0, 0.1) is 0 Å². The largest absolute Gasteiger partial charge is 0.476 e. The van der Waals surface area contributed by atoms with Crippen molar-refractivity contribution in [2.45, 2.75) is 83.1 Å². The lowest BCUT2D eigenvalue weighted by Gasteiger charge is -2.40. The zero-order chi connectivity index (χ0) is 25.3. The van der Waals surface area contributed by atoms with E-state index in [2.05, 4.69) is 20.5 Å². The van der Waals surface area contributed by atoms with Crippen molar-refractivity contribution in [3.05, 3.63) is 52.1 Å². The van der Waals surface area contributed by atoms with Crippen molar-refractivity contribution in [1.29, 1.82) is 0 Å². The molecule has 3 heterocycles. The number of fused-ring (bicyclic) bond motifs is 2. The molecule has 2 N–H and O–H groups in total. The molecule has 2 unspecified atom stereocenters. The fraction of sp³-hybridized carbons (Fsp3) is 0.500. The van der Waals surface area contributed by atoms with Crippen molar-refractivity contribution in [3.8, 4) is 5.75 Å². The van der Waals surface area contributed by atoms with Gasteiger partial charge in [-0.2, -0.15) is 0 Å². The smallest absolute Gasteiger partial charge is 0.263 e. The van der Waals surface area contributed by atoms with Gasteiger partial charge in [0.2, 0.25) is 0 Å². The normalized spacial score (nSPS) is 21.7. The molecule has 2 amide bonds. The first kappa shape index (κ1) is 25.6.